The molecule has 2 heterocycles. The highest BCUT2D eigenvalue weighted by atomic mass is 16.5. The van der Waals surface area contributed by atoms with E-state index in [-0.39, 0.29) is 0 Å². The van der Waals surface area contributed by atoms with Crippen LogP contribution >= 0.6 is 0 Å². The van der Waals surface area contributed by atoms with Crippen LogP contribution in [-0.4, -0.2) is 37.8 Å². The van der Waals surface area contributed by atoms with E-state index in [0.29, 0.717) is 24.1 Å². The van der Waals surface area contributed by atoms with Gasteiger partial charge in [0.25, 0.3) is 0 Å². The Hall–Kier alpha value is -2.06. The van der Waals surface area contributed by atoms with Gasteiger partial charge in [0.15, 0.2) is 0 Å². The maximum Gasteiger partial charge on any atom is 0.384 e. The van der Waals surface area contributed by atoms with Crippen LogP contribution < -0.4 is 10.1 Å². The third-order valence-corrected chi connectivity index (χ3v) is 3.07. The van der Waals surface area contributed by atoms with Crippen LogP contribution in [0.1, 0.15) is 18.5 Å². The molecule has 20 heavy (non-hydrogen) atoms. The van der Waals surface area contributed by atoms with Gasteiger partial charge in [0, 0.05) is 24.4 Å². The Morgan fingerprint density at radius 3 is 3.20 bits per heavy atom. The largest absolute Gasteiger partial charge is 0.477 e. The molecule has 0 saturated carbocycles. The average molecular weight is 274 g/mol. The second-order valence-electron chi connectivity index (χ2n) is 4.63. The number of rotatable bonds is 3. The van der Waals surface area contributed by atoms with Gasteiger partial charge in [-0.05, 0) is 31.4 Å². The molecule has 1 unspecified atom stereocenters. The second-order valence-corrected chi connectivity index (χ2v) is 4.63. The third kappa shape index (κ3) is 4.56. The van der Waals surface area contributed by atoms with Crippen molar-refractivity contribution in [3.8, 4) is 17.7 Å². The molecule has 1 aliphatic rings. The molecule has 1 aromatic rings. The molecule has 0 spiro atoms. The standard InChI is InChI=1S/C15H18N2O3/c1-19-15(18)8-7-13-5-2-6-14(17-13)20-11-12-4-3-9-16-10-12/h2,5-6,12,16H,3-4,9-11H2,1H3. The first-order valence-corrected chi connectivity index (χ1v) is 6.68. The van der Waals surface area contributed by atoms with Gasteiger partial charge >= 0.3 is 5.97 Å². The van der Waals surface area contributed by atoms with Crippen molar-refractivity contribution in [2.45, 2.75) is 12.8 Å². The van der Waals surface area contributed by atoms with Crippen LogP contribution in [0.2, 0.25) is 0 Å². The Morgan fingerprint density at radius 2 is 2.45 bits per heavy atom. The molecule has 0 aliphatic carbocycles. The van der Waals surface area contributed by atoms with Crippen molar-refractivity contribution in [2.75, 3.05) is 26.8 Å². The number of hydrogen-bond acceptors (Lipinski definition) is 5. The number of ether oxygens (including phenoxy) is 2. The van der Waals surface area contributed by atoms with Gasteiger partial charge in [0.1, 0.15) is 5.69 Å². The number of carbonyl (C=O) groups excluding carboxylic acids is 1. The Morgan fingerprint density at radius 1 is 1.55 bits per heavy atom. The van der Waals surface area contributed by atoms with Crippen molar-refractivity contribution >= 4 is 5.97 Å². The Balaban J connectivity index is 1.91. The predicted molar refractivity (Wildman–Crippen MR) is 74.2 cm³/mol. The molecule has 1 saturated heterocycles. The topological polar surface area (TPSA) is 60.5 Å². The summed E-state index contributed by atoms with van der Waals surface area (Å²) in [5.41, 5.74) is 0.495. The number of methoxy groups -OCH3 is 1. The lowest BCUT2D eigenvalue weighted by molar-refractivity contribution is -0.133. The van der Waals surface area contributed by atoms with E-state index >= 15 is 0 Å². The van der Waals surface area contributed by atoms with Crippen LogP contribution in [0.3, 0.4) is 0 Å². The van der Waals surface area contributed by atoms with Gasteiger partial charge in [-0.25, -0.2) is 9.78 Å². The number of piperidine rings is 1. The molecule has 5 heteroatoms. The van der Waals surface area contributed by atoms with Crippen LogP contribution in [-0.2, 0) is 9.53 Å². The first-order valence-electron chi connectivity index (χ1n) is 6.68. The van der Waals surface area contributed by atoms with Crippen molar-refractivity contribution < 1.29 is 14.3 Å². The van der Waals surface area contributed by atoms with E-state index in [4.69, 9.17) is 4.74 Å². The molecule has 1 aromatic heterocycles. The molecule has 1 fully saturated rings. The molecule has 0 radical (unpaired) electrons. The summed E-state index contributed by atoms with van der Waals surface area (Å²) in [4.78, 5) is 15.2. The van der Waals surface area contributed by atoms with Gasteiger partial charge in [-0.3, -0.25) is 0 Å². The number of aromatic nitrogens is 1. The van der Waals surface area contributed by atoms with Gasteiger partial charge in [-0.2, -0.15) is 0 Å². The van der Waals surface area contributed by atoms with E-state index in [1.54, 1.807) is 12.1 Å². The minimum atomic E-state index is -0.577. The summed E-state index contributed by atoms with van der Waals surface area (Å²) in [6, 6.07) is 5.33. The summed E-state index contributed by atoms with van der Waals surface area (Å²) in [5, 5.41) is 3.35. The molecule has 0 bridgehead atoms. The third-order valence-electron chi connectivity index (χ3n) is 3.07. The van der Waals surface area contributed by atoms with E-state index in [9.17, 15) is 4.79 Å². The molecular weight excluding hydrogens is 256 g/mol. The molecule has 2 rings (SSSR count). The van der Waals surface area contributed by atoms with Crippen molar-refractivity contribution in [2.24, 2.45) is 5.92 Å². The second kappa shape index (κ2) is 7.51. The van der Waals surface area contributed by atoms with Gasteiger partial charge in [0.05, 0.1) is 13.7 Å². The highest BCUT2D eigenvalue weighted by Gasteiger charge is 2.13. The van der Waals surface area contributed by atoms with E-state index in [1.165, 1.54) is 20.0 Å². The molecule has 0 amide bonds. The van der Waals surface area contributed by atoms with Crippen LogP contribution in [0.5, 0.6) is 5.88 Å². The quantitative estimate of drug-likeness (QED) is 0.658. The molecule has 0 aromatic carbocycles. The van der Waals surface area contributed by atoms with Crippen molar-refractivity contribution in [1.29, 1.82) is 0 Å². The zero-order chi connectivity index (χ0) is 14.2. The van der Waals surface area contributed by atoms with Crippen molar-refractivity contribution in [1.82, 2.24) is 10.3 Å². The average Bonchev–Trinajstić information content (AvgIpc) is 2.52. The number of pyridine rings is 1. The van der Waals surface area contributed by atoms with Crippen LogP contribution in [0, 0.1) is 17.8 Å². The summed E-state index contributed by atoms with van der Waals surface area (Å²) in [7, 11) is 1.29. The van der Waals surface area contributed by atoms with Gasteiger partial charge in [-0.15, -0.1) is 0 Å². The zero-order valence-electron chi connectivity index (χ0n) is 11.5. The Labute approximate surface area is 118 Å². The Bertz CT molecular complexity index is 513. The highest BCUT2D eigenvalue weighted by molar-refractivity contribution is 5.88. The van der Waals surface area contributed by atoms with E-state index in [2.05, 4.69) is 26.9 Å². The van der Waals surface area contributed by atoms with Gasteiger partial charge in [-0.1, -0.05) is 6.07 Å². The maximum absolute atomic E-state index is 10.9. The summed E-state index contributed by atoms with van der Waals surface area (Å²) in [6.45, 7) is 2.73. The number of hydrogen-bond donors (Lipinski definition) is 1. The van der Waals surface area contributed by atoms with Crippen molar-refractivity contribution in [3.63, 3.8) is 0 Å². The first kappa shape index (κ1) is 14.4. The van der Waals surface area contributed by atoms with E-state index in [1.807, 2.05) is 6.07 Å². The van der Waals surface area contributed by atoms with E-state index < -0.39 is 5.97 Å². The summed E-state index contributed by atoms with van der Waals surface area (Å²) < 4.78 is 10.1. The maximum atomic E-state index is 10.9. The fraction of sp³-hybridized carbons (Fsp3) is 0.467. The number of esters is 1. The number of carbonyl (C=O) groups is 1. The predicted octanol–water partition coefficient (Wildman–Crippen LogP) is 0.984. The lowest BCUT2D eigenvalue weighted by atomic mass is 10.0. The smallest absolute Gasteiger partial charge is 0.384 e. The fourth-order valence-corrected chi connectivity index (χ4v) is 2.00. The first-order chi connectivity index (χ1) is 9.78. The monoisotopic (exact) mass is 274 g/mol. The minimum Gasteiger partial charge on any atom is -0.477 e. The molecule has 1 aliphatic heterocycles. The van der Waals surface area contributed by atoms with Gasteiger partial charge < -0.3 is 14.8 Å². The lowest BCUT2D eigenvalue weighted by Gasteiger charge is -2.22. The summed E-state index contributed by atoms with van der Waals surface area (Å²) in [5.74, 6) is 5.47. The normalized spacial score (nSPS) is 17.8. The molecule has 106 valence electrons. The zero-order valence-corrected chi connectivity index (χ0v) is 11.5. The Kier molecular flexibility index (Phi) is 5.39. The van der Waals surface area contributed by atoms with Crippen LogP contribution in [0.25, 0.3) is 0 Å². The fourth-order valence-electron chi connectivity index (χ4n) is 2.00. The molecule has 5 nitrogen and oxygen atoms in total. The molecule has 1 N–H and O–H groups in total. The van der Waals surface area contributed by atoms with Crippen LogP contribution in [0.15, 0.2) is 18.2 Å². The highest BCUT2D eigenvalue weighted by Crippen LogP contribution is 2.13. The summed E-state index contributed by atoms with van der Waals surface area (Å²) >= 11 is 0. The summed E-state index contributed by atoms with van der Waals surface area (Å²) in [6.07, 6.45) is 2.36. The number of nitrogens with zero attached hydrogens (tertiary/aromatic N) is 1. The lowest BCUT2D eigenvalue weighted by Crippen LogP contribution is -2.33. The van der Waals surface area contributed by atoms with Crippen LogP contribution in [0.4, 0.5) is 0 Å². The van der Waals surface area contributed by atoms with Crippen molar-refractivity contribution in [3.05, 3.63) is 23.9 Å². The SMILES string of the molecule is COC(=O)C#Cc1cccc(OCC2CCCNC2)n1. The van der Waals surface area contributed by atoms with Gasteiger partial charge in [0.2, 0.25) is 5.88 Å². The number of nitrogens with one attached hydrogen (secondary N) is 1. The minimum absolute atomic E-state index is 0.495. The molecule has 1 atom stereocenters. The molecular formula is C15H18N2O3. The van der Waals surface area contributed by atoms with E-state index in [0.717, 1.165) is 13.1 Å².